The predicted octanol–water partition coefficient (Wildman–Crippen LogP) is 19.0. The van der Waals surface area contributed by atoms with Crippen LogP contribution < -0.4 is 5.32 Å². The summed E-state index contributed by atoms with van der Waals surface area (Å²) in [6.45, 7) is 4.91. The van der Waals surface area contributed by atoms with Crippen molar-refractivity contribution >= 4 is 11.9 Å². The Morgan fingerprint density at radius 2 is 0.706 bits per heavy atom. The van der Waals surface area contributed by atoms with Gasteiger partial charge in [0, 0.05) is 12.8 Å². The second kappa shape index (κ2) is 57.9. The molecule has 0 saturated carbocycles. The summed E-state index contributed by atoms with van der Waals surface area (Å²) in [6, 6.07) is -0.555. The number of hydrogen-bond acceptors (Lipinski definition) is 5. The second-order valence-corrected chi connectivity index (χ2v) is 21.0. The van der Waals surface area contributed by atoms with Gasteiger partial charge in [-0.05, 0) is 70.6 Å². The van der Waals surface area contributed by atoms with Crippen molar-refractivity contribution in [3.8, 4) is 0 Å². The van der Waals surface area contributed by atoms with Crippen LogP contribution in [0.5, 0.6) is 0 Å². The molecule has 0 bridgehead atoms. The van der Waals surface area contributed by atoms with Gasteiger partial charge in [0.15, 0.2) is 0 Å². The number of amides is 1. The molecular formula is C62H119NO5. The summed E-state index contributed by atoms with van der Waals surface area (Å²) >= 11 is 0. The molecule has 0 fully saturated rings. The topological polar surface area (TPSA) is 95.9 Å². The zero-order valence-electron chi connectivity index (χ0n) is 45.9. The molecule has 0 heterocycles. The minimum Gasteiger partial charge on any atom is -0.466 e. The SMILES string of the molecule is CCCC/C=C\CCCCCCCC(=O)OCCCCCCCCC/C=C\CCCCCCCC(=O)NC(CO)C(O)CCCCCCCCCCCCCCCCCCCCCCCCCC. The molecule has 0 aromatic carbocycles. The number of nitrogens with one attached hydrogen (secondary N) is 1. The molecule has 0 aliphatic carbocycles. The molecule has 0 aliphatic heterocycles. The van der Waals surface area contributed by atoms with Gasteiger partial charge < -0.3 is 20.3 Å². The number of unbranched alkanes of at least 4 members (excludes halogenated alkanes) is 42. The molecule has 2 unspecified atom stereocenters. The fourth-order valence-corrected chi connectivity index (χ4v) is 9.50. The standard InChI is InChI=1S/C62H119NO5/c1-3-5-7-9-11-13-15-16-17-18-19-20-21-22-23-24-25-28-31-35-38-42-46-50-54-60(65)59(58-64)63-61(66)55-51-47-43-39-36-32-29-26-27-30-33-37-41-45-49-53-57-68-62(67)56-52-48-44-40-34-14-12-10-8-6-4-2/h10,12,26,29,59-60,64-65H,3-9,11,13-25,27-28,30-58H2,1-2H3,(H,63,66)/b12-10-,29-26-. The van der Waals surface area contributed by atoms with E-state index in [0.717, 1.165) is 64.2 Å². The van der Waals surface area contributed by atoms with Crippen molar-refractivity contribution in [3.63, 3.8) is 0 Å². The van der Waals surface area contributed by atoms with Crippen molar-refractivity contribution < 1.29 is 24.5 Å². The smallest absolute Gasteiger partial charge is 0.305 e. The molecule has 402 valence electrons. The van der Waals surface area contributed by atoms with E-state index >= 15 is 0 Å². The van der Waals surface area contributed by atoms with Crippen LogP contribution in [0.2, 0.25) is 0 Å². The molecule has 0 aromatic heterocycles. The minimum atomic E-state index is -0.676. The highest BCUT2D eigenvalue weighted by Crippen LogP contribution is 2.18. The van der Waals surface area contributed by atoms with Crippen LogP contribution in [-0.4, -0.2) is 47.4 Å². The summed E-state index contributed by atoms with van der Waals surface area (Å²) < 4.78 is 5.45. The number of allylic oxidation sites excluding steroid dienone is 4. The van der Waals surface area contributed by atoms with Gasteiger partial charge in [0.1, 0.15) is 0 Å². The zero-order chi connectivity index (χ0) is 49.3. The Morgan fingerprint density at radius 3 is 1.09 bits per heavy atom. The largest absolute Gasteiger partial charge is 0.466 e. The van der Waals surface area contributed by atoms with Gasteiger partial charge in [-0.15, -0.1) is 0 Å². The number of aliphatic hydroxyl groups is 2. The molecule has 68 heavy (non-hydrogen) atoms. The van der Waals surface area contributed by atoms with Gasteiger partial charge in [-0.25, -0.2) is 0 Å². The molecule has 3 N–H and O–H groups in total. The lowest BCUT2D eigenvalue weighted by molar-refractivity contribution is -0.143. The molecule has 0 rings (SSSR count). The number of hydrogen-bond donors (Lipinski definition) is 3. The highest BCUT2D eigenvalue weighted by molar-refractivity contribution is 5.76. The number of aliphatic hydroxyl groups excluding tert-OH is 2. The first-order chi connectivity index (χ1) is 33.5. The zero-order valence-corrected chi connectivity index (χ0v) is 45.9. The number of esters is 1. The van der Waals surface area contributed by atoms with Gasteiger partial charge in [0.2, 0.25) is 5.91 Å². The third kappa shape index (κ3) is 53.7. The molecule has 0 saturated heterocycles. The van der Waals surface area contributed by atoms with E-state index in [1.807, 2.05) is 0 Å². The lowest BCUT2D eigenvalue weighted by Crippen LogP contribution is -2.45. The summed E-state index contributed by atoms with van der Waals surface area (Å²) in [5, 5.41) is 23.4. The van der Waals surface area contributed by atoms with Gasteiger partial charge in [-0.3, -0.25) is 9.59 Å². The van der Waals surface area contributed by atoms with Crippen molar-refractivity contribution in [2.24, 2.45) is 0 Å². The van der Waals surface area contributed by atoms with E-state index < -0.39 is 12.1 Å². The van der Waals surface area contributed by atoms with Crippen LogP contribution in [0.4, 0.5) is 0 Å². The third-order valence-electron chi connectivity index (χ3n) is 14.2. The maximum atomic E-state index is 12.5. The van der Waals surface area contributed by atoms with Crippen molar-refractivity contribution in [1.82, 2.24) is 5.32 Å². The highest BCUT2D eigenvalue weighted by Gasteiger charge is 2.20. The van der Waals surface area contributed by atoms with Crippen molar-refractivity contribution in [2.45, 2.75) is 347 Å². The summed E-state index contributed by atoms with van der Waals surface area (Å²) in [6.07, 6.45) is 70.4. The minimum absolute atomic E-state index is 0.0133. The van der Waals surface area contributed by atoms with E-state index in [0.29, 0.717) is 25.9 Å². The molecule has 2 atom stereocenters. The van der Waals surface area contributed by atoms with Crippen molar-refractivity contribution in [1.29, 1.82) is 0 Å². The Kier molecular flexibility index (Phi) is 56.5. The van der Waals surface area contributed by atoms with E-state index in [4.69, 9.17) is 4.74 Å². The molecular weight excluding hydrogens is 839 g/mol. The first-order valence-electron chi connectivity index (χ1n) is 30.6. The number of rotatable bonds is 57. The number of carbonyl (C=O) groups is 2. The number of ether oxygens (including phenoxy) is 1. The predicted molar refractivity (Wildman–Crippen MR) is 296 cm³/mol. The van der Waals surface area contributed by atoms with E-state index in [-0.39, 0.29) is 18.5 Å². The monoisotopic (exact) mass is 958 g/mol. The van der Waals surface area contributed by atoms with Gasteiger partial charge in [0.25, 0.3) is 0 Å². The highest BCUT2D eigenvalue weighted by atomic mass is 16.5. The van der Waals surface area contributed by atoms with Crippen LogP contribution in [0.15, 0.2) is 24.3 Å². The Balaban J connectivity index is 3.46. The molecule has 0 aliphatic rings. The summed E-state index contributed by atoms with van der Waals surface area (Å²) in [5.74, 6) is -0.0623. The summed E-state index contributed by atoms with van der Waals surface area (Å²) in [7, 11) is 0. The van der Waals surface area contributed by atoms with E-state index in [1.165, 1.54) is 238 Å². The third-order valence-corrected chi connectivity index (χ3v) is 14.2. The number of carbonyl (C=O) groups excluding carboxylic acids is 2. The molecule has 0 aromatic rings. The van der Waals surface area contributed by atoms with Crippen LogP contribution in [0.3, 0.4) is 0 Å². The summed E-state index contributed by atoms with van der Waals surface area (Å²) in [4.78, 5) is 24.5. The first kappa shape index (κ1) is 66.3. The Labute approximate surface area is 424 Å². The van der Waals surface area contributed by atoms with E-state index in [9.17, 15) is 19.8 Å². The normalized spacial score (nSPS) is 12.7. The van der Waals surface area contributed by atoms with Crippen LogP contribution in [0.1, 0.15) is 335 Å². The Hall–Kier alpha value is -1.66. The van der Waals surface area contributed by atoms with Crippen LogP contribution in [-0.2, 0) is 14.3 Å². The van der Waals surface area contributed by atoms with Crippen LogP contribution >= 0.6 is 0 Å². The van der Waals surface area contributed by atoms with Crippen LogP contribution in [0, 0.1) is 0 Å². The lowest BCUT2D eigenvalue weighted by atomic mass is 10.0. The van der Waals surface area contributed by atoms with Gasteiger partial charge >= 0.3 is 5.97 Å². The average molecular weight is 959 g/mol. The Morgan fingerprint density at radius 1 is 0.397 bits per heavy atom. The lowest BCUT2D eigenvalue weighted by Gasteiger charge is -2.22. The fourth-order valence-electron chi connectivity index (χ4n) is 9.50. The van der Waals surface area contributed by atoms with Crippen molar-refractivity contribution in [3.05, 3.63) is 24.3 Å². The van der Waals surface area contributed by atoms with Crippen molar-refractivity contribution in [2.75, 3.05) is 13.2 Å². The van der Waals surface area contributed by atoms with Gasteiger partial charge in [0.05, 0.1) is 25.4 Å². The van der Waals surface area contributed by atoms with E-state index in [1.54, 1.807) is 0 Å². The average Bonchev–Trinajstić information content (AvgIpc) is 3.34. The van der Waals surface area contributed by atoms with E-state index in [2.05, 4.69) is 43.5 Å². The molecule has 6 heteroatoms. The maximum Gasteiger partial charge on any atom is 0.305 e. The Bertz CT molecular complexity index is 1060. The second-order valence-electron chi connectivity index (χ2n) is 21.0. The van der Waals surface area contributed by atoms with Gasteiger partial charge in [-0.1, -0.05) is 276 Å². The van der Waals surface area contributed by atoms with Crippen LogP contribution in [0.25, 0.3) is 0 Å². The molecule has 6 nitrogen and oxygen atoms in total. The molecule has 1 amide bonds. The quantitative estimate of drug-likeness (QED) is 0.0321. The molecule has 0 spiro atoms. The maximum absolute atomic E-state index is 12.5. The summed E-state index contributed by atoms with van der Waals surface area (Å²) in [5.41, 5.74) is 0. The first-order valence-corrected chi connectivity index (χ1v) is 30.6. The fraction of sp³-hybridized carbons (Fsp3) is 0.903. The van der Waals surface area contributed by atoms with Gasteiger partial charge in [-0.2, -0.15) is 0 Å². The molecule has 0 radical (unpaired) electrons.